The lowest BCUT2D eigenvalue weighted by Crippen LogP contribution is -2.13. The number of aryl methyl sites for hydroxylation is 1. The summed E-state index contributed by atoms with van der Waals surface area (Å²) in [6.45, 7) is 2.26. The number of ether oxygens (including phenoxy) is 1. The molecule has 29 heavy (non-hydrogen) atoms. The zero-order chi connectivity index (χ0) is 20.1. The van der Waals surface area contributed by atoms with E-state index in [9.17, 15) is 4.79 Å². The van der Waals surface area contributed by atoms with Gasteiger partial charge in [-0.2, -0.15) is 0 Å². The fraction of sp³-hybridized carbons (Fsp3) is 0.273. The molecule has 1 aromatic carbocycles. The molecule has 0 saturated carbocycles. The molecular weight excluding hydrogens is 408 g/mol. The minimum atomic E-state index is -0.0949. The maximum absolute atomic E-state index is 12.8. The maximum atomic E-state index is 12.8. The van der Waals surface area contributed by atoms with Crippen molar-refractivity contribution in [3.05, 3.63) is 56.1 Å². The minimum absolute atomic E-state index is 0.0949. The van der Waals surface area contributed by atoms with Crippen molar-refractivity contribution >= 4 is 33.2 Å². The van der Waals surface area contributed by atoms with E-state index < -0.39 is 0 Å². The van der Waals surface area contributed by atoms with E-state index in [4.69, 9.17) is 25.7 Å². The summed E-state index contributed by atoms with van der Waals surface area (Å²) < 4.78 is 11.2. The van der Waals surface area contributed by atoms with Crippen LogP contribution in [0.5, 0.6) is 5.75 Å². The van der Waals surface area contributed by atoms with Gasteiger partial charge in [-0.3, -0.25) is 4.79 Å². The molecule has 0 saturated heterocycles. The number of nitrogens with one attached hydrogen (secondary N) is 1. The van der Waals surface area contributed by atoms with Crippen LogP contribution in [0.4, 0.5) is 0 Å². The number of fused-ring (bicyclic) bond motifs is 3. The molecule has 1 N–H and O–H groups in total. The van der Waals surface area contributed by atoms with Crippen LogP contribution in [0.25, 0.3) is 33.1 Å². The number of aromatic amines is 1. The van der Waals surface area contributed by atoms with Crippen molar-refractivity contribution in [1.82, 2.24) is 9.97 Å². The highest BCUT2D eigenvalue weighted by molar-refractivity contribution is 7.18. The highest BCUT2D eigenvalue weighted by Gasteiger charge is 2.23. The molecule has 148 valence electrons. The maximum Gasteiger partial charge on any atom is 0.260 e. The van der Waals surface area contributed by atoms with Crippen LogP contribution in [0.3, 0.4) is 0 Å². The second-order valence-electron chi connectivity index (χ2n) is 7.46. The standard InChI is InChI=1S/C22H19ClN2O3S/c1-11-3-5-13-18(9-11)29-22-19(13)21(26)24-20(25-22)17-8-7-15(28-17)12-4-6-16(27-2)14(23)10-12/h4,6-8,10-11H,3,5,9H2,1-2H3,(H,24,25,26)/t11-/m0/s1. The molecule has 7 heteroatoms. The Balaban J connectivity index is 1.55. The number of H-pyrrole nitrogens is 1. The van der Waals surface area contributed by atoms with Crippen molar-refractivity contribution in [2.45, 2.75) is 26.2 Å². The SMILES string of the molecule is COc1ccc(-c2ccc(-c3nc4sc5c(c4c(=O)[nH]3)CC[C@H](C)C5)o2)cc1Cl. The molecular formula is C22H19ClN2O3S. The van der Waals surface area contributed by atoms with Gasteiger partial charge in [-0.1, -0.05) is 18.5 Å². The molecule has 0 fully saturated rings. The second-order valence-corrected chi connectivity index (χ2v) is 8.95. The quantitative estimate of drug-likeness (QED) is 0.456. The number of rotatable bonds is 3. The summed E-state index contributed by atoms with van der Waals surface area (Å²) in [6, 6.07) is 9.12. The third-order valence-electron chi connectivity index (χ3n) is 5.44. The van der Waals surface area contributed by atoms with Gasteiger partial charge in [0, 0.05) is 10.4 Å². The van der Waals surface area contributed by atoms with Crippen LogP contribution in [-0.4, -0.2) is 17.1 Å². The molecule has 5 nitrogen and oxygen atoms in total. The average molecular weight is 427 g/mol. The normalized spacial score (nSPS) is 16.2. The zero-order valence-corrected chi connectivity index (χ0v) is 17.6. The zero-order valence-electron chi connectivity index (χ0n) is 16.0. The Hall–Kier alpha value is -2.57. The number of methoxy groups -OCH3 is 1. The first-order valence-electron chi connectivity index (χ1n) is 9.52. The lowest BCUT2D eigenvalue weighted by molar-refractivity contribution is 0.415. The average Bonchev–Trinajstić information content (AvgIpc) is 3.32. The number of furan rings is 1. The highest BCUT2D eigenvalue weighted by Crippen LogP contribution is 2.37. The fourth-order valence-corrected chi connectivity index (χ4v) is 5.55. The molecule has 0 amide bonds. The summed E-state index contributed by atoms with van der Waals surface area (Å²) in [7, 11) is 1.58. The third kappa shape index (κ3) is 3.16. The Bertz CT molecular complexity index is 1290. The summed E-state index contributed by atoms with van der Waals surface area (Å²) in [6.07, 6.45) is 3.09. The molecule has 0 unspecified atom stereocenters. The van der Waals surface area contributed by atoms with E-state index >= 15 is 0 Å². The summed E-state index contributed by atoms with van der Waals surface area (Å²) >= 11 is 7.86. The van der Waals surface area contributed by atoms with E-state index in [-0.39, 0.29) is 5.56 Å². The number of halogens is 1. The minimum Gasteiger partial charge on any atom is -0.495 e. The lowest BCUT2D eigenvalue weighted by Gasteiger charge is -2.17. The van der Waals surface area contributed by atoms with Gasteiger partial charge in [-0.05, 0) is 61.1 Å². The van der Waals surface area contributed by atoms with Crippen molar-refractivity contribution in [2.75, 3.05) is 7.11 Å². The van der Waals surface area contributed by atoms with E-state index in [0.717, 1.165) is 35.0 Å². The Morgan fingerprint density at radius 2 is 2.10 bits per heavy atom. The lowest BCUT2D eigenvalue weighted by atomic mass is 9.89. The van der Waals surface area contributed by atoms with Gasteiger partial charge in [-0.15, -0.1) is 11.3 Å². The van der Waals surface area contributed by atoms with Crippen LogP contribution in [0.2, 0.25) is 5.02 Å². The predicted molar refractivity (Wildman–Crippen MR) is 116 cm³/mol. The van der Waals surface area contributed by atoms with Crippen molar-refractivity contribution in [3.63, 3.8) is 0 Å². The summed E-state index contributed by atoms with van der Waals surface area (Å²) in [5, 5.41) is 1.25. The molecule has 0 spiro atoms. The number of aromatic nitrogens is 2. The Morgan fingerprint density at radius 3 is 2.90 bits per heavy atom. The molecule has 0 bridgehead atoms. The molecule has 4 aromatic rings. The second kappa shape index (κ2) is 7.04. The van der Waals surface area contributed by atoms with Crippen LogP contribution in [0, 0.1) is 5.92 Å². The monoisotopic (exact) mass is 426 g/mol. The van der Waals surface area contributed by atoms with E-state index in [1.807, 2.05) is 18.2 Å². The smallest absolute Gasteiger partial charge is 0.260 e. The van der Waals surface area contributed by atoms with Crippen molar-refractivity contribution in [1.29, 1.82) is 0 Å². The molecule has 1 atom stereocenters. The number of nitrogens with zero attached hydrogens (tertiary/aromatic N) is 1. The van der Waals surface area contributed by atoms with Crippen LogP contribution < -0.4 is 10.3 Å². The van der Waals surface area contributed by atoms with Crippen LogP contribution in [-0.2, 0) is 12.8 Å². The summed E-state index contributed by atoms with van der Waals surface area (Å²) in [5.41, 5.74) is 1.91. The van der Waals surface area contributed by atoms with Crippen molar-refractivity contribution < 1.29 is 9.15 Å². The summed E-state index contributed by atoms with van der Waals surface area (Å²) in [4.78, 5) is 22.5. The Labute approximate surface area is 176 Å². The number of benzene rings is 1. The molecule has 1 aliphatic rings. The van der Waals surface area contributed by atoms with Gasteiger partial charge in [0.15, 0.2) is 11.6 Å². The van der Waals surface area contributed by atoms with Crippen LogP contribution in [0.15, 0.2) is 39.5 Å². The van der Waals surface area contributed by atoms with Gasteiger partial charge < -0.3 is 14.1 Å². The molecule has 1 aliphatic carbocycles. The molecule has 3 aromatic heterocycles. The van der Waals surface area contributed by atoms with Gasteiger partial charge >= 0.3 is 0 Å². The largest absolute Gasteiger partial charge is 0.495 e. The molecule has 3 heterocycles. The number of hydrogen-bond acceptors (Lipinski definition) is 5. The number of thiophene rings is 1. The Morgan fingerprint density at radius 1 is 1.28 bits per heavy atom. The first kappa shape index (κ1) is 18.5. The first-order chi connectivity index (χ1) is 14.0. The topological polar surface area (TPSA) is 68.1 Å². The van der Waals surface area contributed by atoms with Gasteiger partial charge in [0.1, 0.15) is 16.3 Å². The van der Waals surface area contributed by atoms with E-state index in [1.54, 1.807) is 30.6 Å². The summed E-state index contributed by atoms with van der Waals surface area (Å²) in [5.74, 6) is 2.87. The van der Waals surface area contributed by atoms with E-state index in [0.29, 0.717) is 34.0 Å². The van der Waals surface area contributed by atoms with E-state index in [1.165, 1.54) is 10.4 Å². The van der Waals surface area contributed by atoms with Gasteiger partial charge in [0.2, 0.25) is 0 Å². The molecule has 5 rings (SSSR count). The van der Waals surface area contributed by atoms with E-state index in [2.05, 4.69) is 11.9 Å². The molecule has 0 aliphatic heterocycles. The van der Waals surface area contributed by atoms with Crippen LogP contribution in [0.1, 0.15) is 23.8 Å². The van der Waals surface area contributed by atoms with Crippen LogP contribution >= 0.6 is 22.9 Å². The number of hydrogen-bond donors (Lipinski definition) is 1. The van der Waals surface area contributed by atoms with Gasteiger partial charge in [-0.25, -0.2) is 4.98 Å². The fourth-order valence-electron chi connectivity index (χ4n) is 3.91. The van der Waals surface area contributed by atoms with Gasteiger partial charge in [0.25, 0.3) is 5.56 Å². The Kier molecular flexibility index (Phi) is 4.48. The van der Waals surface area contributed by atoms with Gasteiger partial charge in [0.05, 0.1) is 17.5 Å². The first-order valence-corrected chi connectivity index (χ1v) is 10.7. The third-order valence-corrected chi connectivity index (χ3v) is 6.88. The highest BCUT2D eigenvalue weighted by atomic mass is 35.5. The molecule has 0 radical (unpaired) electrons. The predicted octanol–water partition coefficient (Wildman–Crippen LogP) is 5.70. The van der Waals surface area contributed by atoms with Crippen molar-refractivity contribution in [2.24, 2.45) is 5.92 Å². The van der Waals surface area contributed by atoms with Crippen molar-refractivity contribution in [3.8, 4) is 28.7 Å².